The van der Waals surface area contributed by atoms with Crippen molar-refractivity contribution in [2.75, 3.05) is 17.2 Å². The molecule has 0 unspecified atom stereocenters. The number of hydrogen-bond donors (Lipinski definition) is 3. The standard InChI is InChI=1S/C22H17BrClN3O3S/c23-15-4-10-19(11-5-15)30-13-20(28)27-22(31)26-18-8-6-17(7-9-18)25-21(29)14-2-1-3-16(24)12-14/h1-12H,13H2,(H,25,29)(H2,26,27,28,31). The highest BCUT2D eigenvalue weighted by molar-refractivity contribution is 9.10. The molecule has 3 aromatic rings. The van der Waals surface area contributed by atoms with Gasteiger partial charge in [-0.2, -0.15) is 0 Å². The predicted octanol–water partition coefficient (Wildman–Crippen LogP) is 5.25. The molecule has 0 aliphatic heterocycles. The van der Waals surface area contributed by atoms with Crippen molar-refractivity contribution in [3.05, 3.63) is 87.9 Å². The van der Waals surface area contributed by atoms with Gasteiger partial charge >= 0.3 is 0 Å². The lowest BCUT2D eigenvalue weighted by Gasteiger charge is -2.11. The average Bonchev–Trinajstić information content (AvgIpc) is 2.74. The molecule has 0 aliphatic rings. The molecular formula is C22H17BrClN3O3S. The quantitative estimate of drug-likeness (QED) is 0.389. The van der Waals surface area contributed by atoms with Gasteiger partial charge in [-0.25, -0.2) is 0 Å². The summed E-state index contributed by atoms with van der Waals surface area (Å²) in [5.74, 6) is -0.0739. The normalized spacial score (nSPS) is 10.1. The van der Waals surface area contributed by atoms with Gasteiger partial charge in [0, 0.05) is 26.4 Å². The monoisotopic (exact) mass is 517 g/mol. The fourth-order valence-corrected chi connectivity index (χ4v) is 3.16. The van der Waals surface area contributed by atoms with E-state index in [0.29, 0.717) is 27.7 Å². The zero-order valence-electron chi connectivity index (χ0n) is 16.0. The lowest BCUT2D eigenvalue weighted by atomic mass is 10.2. The van der Waals surface area contributed by atoms with Crippen LogP contribution in [0.25, 0.3) is 0 Å². The van der Waals surface area contributed by atoms with Gasteiger partial charge in [-0.15, -0.1) is 0 Å². The molecule has 0 heterocycles. The molecule has 0 fully saturated rings. The van der Waals surface area contributed by atoms with Crippen molar-refractivity contribution in [1.29, 1.82) is 0 Å². The molecule has 0 aliphatic carbocycles. The Bertz CT molecular complexity index is 1090. The first-order chi connectivity index (χ1) is 14.9. The Kier molecular flexibility index (Phi) is 8.00. The van der Waals surface area contributed by atoms with Crippen molar-refractivity contribution in [2.45, 2.75) is 0 Å². The molecule has 158 valence electrons. The van der Waals surface area contributed by atoms with E-state index < -0.39 is 0 Å². The van der Waals surface area contributed by atoms with Crippen LogP contribution in [0.2, 0.25) is 5.02 Å². The van der Waals surface area contributed by atoms with E-state index in [9.17, 15) is 9.59 Å². The van der Waals surface area contributed by atoms with Gasteiger partial charge in [-0.3, -0.25) is 14.9 Å². The molecule has 0 spiro atoms. The van der Waals surface area contributed by atoms with Gasteiger partial charge in [0.25, 0.3) is 11.8 Å². The van der Waals surface area contributed by atoms with Crippen LogP contribution in [-0.4, -0.2) is 23.5 Å². The van der Waals surface area contributed by atoms with Gasteiger partial charge in [0.1, 0.15) is 5.75 Å². The fraction of sp³-hybridized carbons (Fsp3) is 0.0455. The highest BCUT2D eigenvalue weighted by Crippen LogP contribution is 2.17. The van der Waals surface area contributed by atoms with Crippen LogP contribution >= 0.6 is 39.7 Å². The highest BCUT2D eigenvalue weighted by atomic mass is 79.9. The Balaban J connectivity index is 1.46. The summed E-state index contributed by atoms with van der Waals surface area (Å²) in [7, 11) is 0. The van der Waals surface area contributed by atoms with Crippen molar-refractivity contribution < 1.29 is 14.3 Å². The minimum Gasteiger partial charge on any atom is -0.484 e. The smallest absolute Gasteiger partial charge is 0.264 e. The lowest BCUT2D eigenvalue weighted by Crippen LogP contribution is -2.37. The average molecular weight is 519 g/mol. The fourth-order valence-electron chi connectivity index (χ4n) is 2.47. The van der Waals surface area contributed by atoms with Crippen molar-refractivity contribution in [1.82, 2.24) is 5.32 Å². The van der Waals surface area contributed by atoms with Gasteiger partial charge in [0.15, 0.2) is 11.7 Å². The molecule has 0 saturated heterocycles. The number of thiocarbonyl (C=S) groups is 1. The second-order valence-corrected chi connectivity index (χ2v) is 8.05. The molecule has 0 aromatic heterocycles. The highest BCUT2D eigenvalue weighted by Gasteiger charge is 2.08. The van der Waals surface area contributed by atoms with E-state index in [0.717, 1.165) is 4.47 Å². The van der Waals surface area contributed by atoms with Gasteiger partial charge in [-0.1, -0.05) is 33.6 Å². The second-order valence-electron chi connectivity index (χ2n) is 6.29. The maximum Gasteiger partial charge on any atom is 0.264 e. The molecule has 6 nitrogen and oxygen atoms in total. The summed E-state index contributed by atoms with van der Waals surface area (Å²) in [5.41, 5.74) is 1.72. The Morgan fingerprint density at radius 1 is 0.935 bits per heavy atom. The van der Waals surface area contributed by atoms with E-state index in [2.05, 4.69) is 31.9 Å². The molecule has 0 atom stereocenters. The summed E-state index contributed by atoms with van der Waals surface area (Å²) >= 11 is 14.4. The zero-order valence-corrected chi connectivity index (χ0v) is 19.2. The van der Waals surface area contributed by atoms with E-state index in [1.54, 1.807) is 60.7 Å². The number of anilines is 2. The summed E-state index contributed by atoms with van der Waals surface area (Å²) in [4.78, 5) is 24.3. The predicted molar refractivity (Wildman–Crippen MR) is 130 cm³/mol. The minimum atomic E-state index is -0.383. The van der Waals surface area contributed by atoms with Crippen molar-refractivity contribution in [3.8, 4) is 5.75 Å². The van der Waals surface area contributed by atoms with E-state index in [-0.39, 0.29) is 23.5 Å². The third-order valence-corrected chi connectivity index (χ3v) is 4.89. The summed E-state index contributed by atoms with van der Waals surface area (Å²) in [6, 6.07) is 20.7. The molecule has 3 aromatic carbocycles. The maximum absolute atomic E-state index is 12.3. The van der Waals surface area contributed by atoms with Crippen molar-refractivity contribution in [3.63, 3.8) is 0 Å². The van der Waals surface area contributed by atoms with Gasteiger partial charge in [0.2, 0.25) is 0 Å². The number of benzene rings is 3. The lowest BCUT2D eigenvalue weighted by molar-refractivity contribution is -0.121. The third kappa shape index (κ3) is 7.36. The molecule has 9 heteroatoms. The number of carbonyl (C=O) groups excluding carboxylic acids is 2. The van der Waals surface area contributed by atoms with Gasteiger partial charge in [-0.05, 0) is 78.9 Å². The van der Waals surface area contributed by atoms with E-state index in [1.807, 2.05) is 12.1 Å². The van der Waals surface area contributed by atoms with Gasteiger partial charge in [0.05, 0.1) is 0 Å². The second kappa shape index (κ2) is 10.9. The van der Waals surface area contributed by atoms with Crippen LogP contribution in [-0.2, 0) is 4.79 Å². The van der Waals surface area contributed by atoms with Crippen LogP contribution in [0, 0.1) is 0 Å². The molecule has 0 radical (unpaired) electrons. The Hall–Kier alpha value is -2.94. The molecule has 0 bridgehead atoms. The largest absolute Gasteiger partial charge is 0.484 e. The van der Waals surface area contributed by atoms with Crippen LogP contribution in [0.15, 0.2) is 77.3 Å². The van der Waals surface area contributed by atoms with E-state index in [1.165, 1.54) is 0 Å². The number of rotatable bonds is 6. The summed E-state index contributed by atoms with van der Waals surface area (Å²) < 4.78 is 6.32. The molecule has 0 saturated carbocycles. The van der Waals surface area contributed by atoms with Crippen molar-refractivity contribution >= 4 is 68.1 Å². The first-order valence-corrected chi connectivity index (χ1v) is 10.6. The number of ether oxygens (including phenoxy) is 1. The van der Waals surface area contributed by atoms with Gasteiger partial charge < -0.3 is 15.4 Å². The number of nitrogens with one attached hydrogen (secondary N) is 3. The molecule has 3 N–H and O–H groups in total. The molecular weight excluding hydrogens is 502 g/mol. The third-order valence-electron chi connectivity index (χ3n) is 3.92. The van der Waals surface area contributed by atoms with Crippen molar-refractivity contribution in [2.24, 2.45) is 0 Å². The Morgan fingerprint density at radius 2 is 1.58 bits per heavy atom. The number of amides is 2. The number of halogens is 2. The van der Waals surface area contributed by atoms with Crippen LogP contribution < -0.4 is 20.7 Å². The molecule has 3 rings (SSSR count). The van der Waals surface area contributed by atoms with Crippen LogP contribution in [0.4, 0.5) is 11.4 Å². The molecule has 2 amide bonds. The van der Waals surface area contributed by atoms with Crippen LogP contribution in [0.5, 0.6) is 5.75 Å². The molecule has 31 heavy (non-hydrogen) atoms. The van der Waals surface area contributed by atoms with Crippen LogP contribution in [0.3, 0.4) is 0 Å². The topological polar surface area (TPSA) is 79.5 Å². The summed E-state index contributed by atoms with van der Waals surface area (Å²) in [6.07, 6.45) is 0. The summed E-state index contributed by atoms with van der Waals surface area (Å²) in [5, 5.41) is 8.87. The van der Waals surface area contributed by atoms with E-state index >= 15 is 0 Å². The van der Waals surface area contributed by atoms with Crippen LogP contribution in [0.1, 0.15) is 10.4 Å². The summed E-state index contributed by atoms with van der Waals surface area (Å²) in [6.45, 7) is -0.169. The van der Waals surface area contributed by atoms with E-state index in [4.69, 9.17) is 28.6 Å². The first-order valence-electron chi connectivity index (χ1n) is 9.05. The Morgan fingerprint density at radius 3 is 2.23 bits per heavy atom. The maximum atomic E-state index is 12.3. The Labute approximate surface area is 198 Å². The number of carbonyl (C=O) groups is 2. The number of hydrogen-bond acceptors (Lipinski definition) is 4. The minimum absolute atomic E-state index is 0.139. The first kappa shape index (κ1) is 22.7. The SMILES string of the molecule is O=C(COc1ccc(Br)cc1)NC(=S)Nc1ccc(NC(=O)c2cccc(Cl)c2)cc1. The zero-order chi connectivity index (χ0) is 22.2.